The van der Waals surface area contributed by atoms with E-state index in [4.69, 9.17) is 11.6 Å². The molecular weight excluding hydrogens is 489 g/mol. The number of amides is 1. The fraction of sp³-hybridized carbons (Fsp3) is 0.211. The highest BCUT2D eigenvalue weighted by Gasteiger charge is 2.34. The second-order valence-electron chi connectivity index (χ2n) is 6.69. The van der Waals surface area contributed by atoms with E-state index in [1.165, 1.54) is 13.0 Å². The number of rotatable bonds is 6. The van der Waals surface area contributed by atoms with Crippen LogP contribution < -0.4 is 9.62 Å². The summed E-state index contributed by atoms with van der Waals surface area (Å²) in [6, 6.07) is 9.15. The van der Waals surface area contributed by atoms with Gasteiger partial charge < -0.3 is 0 Å². The number of hydrogen-bond donors (Lipinski definition) is 1. The number of carbonyl (C=O) groups excluding carboxylic acids is 1. The van der Waals surface area contributed by atoms with Crippen molar-refractivity contribution in [2.75, 3.05) is 15.9 Å². The maximum Gasteiger partial charge on any atom is 0.416 e. The van der Waals surface area contributed by atoms with Gasteiger partial charge in [0.25, 0.3) is 0 Å². The highest BCUT2D eigenvalue weighted by Crippen LogP contribution is 2.33. The van der Waals surface area contributed by atoms with Crippen molar-refractivity contribution in [3.05, 3.63) is 59.1 Å². The van der Waals surface area contributed by atoms with Crippen molar-refractivity contribution in [2.45, 2.75) is 19.1 Å². The first-order chi connectivity index (χ1) is 14.9. The Kier molecular flexibility index (Phi) is 6.77. The molecule has 0 aliphatic carbocycles. The van der Waals surface area contributed by atoms with Crippen molar-refractivity contribution in [2.24, 2.45) is 0 Å². The van der Waals surface area contributed by atoms with Gasteiger partial charge in [-0.25, -0.2) is 8.42 Å². The van der Waals surface area contributed by atoms with Crippen LogP contribution in [-0.2, 0) is 21.0 Å². The zero-order valence-electron chi connectivity index (χ0n) is 16.6. The maximum atomic E-state index is 13.1. The monoisotopic (exact) mass is 504 g/mol. The second kappa shape index (κ2) is 9.04. The van der Waals surface area contributed by atoms with Crippen molar-refractivity contribution in [3.8, 4) is 10.6 Å². The SMILES string of the molecule is CC(C(=O)Nc1nnc(-c2ccc(Cl)cc2)s1)N(c1cccc(C(F)(F)F)c1)S(C)(=O)=O. The molecule has 1 aromatic heterocycles. The zero-order valence-corrected chi connectivity index (χ0v) is 19.0. The summed E-state index contributed by atoms with van der Waals surface area (Å²) in [4.78, 5) is 12.7. The number of nitrogens with one attached hydrogen (secondary N) is 1. The summed E-state index contributed by atoms with van der Waals surface area (Å²) in [5.74, 6) is -0.786. The van der Waals surface area contributed by atoms with Crippen molar-refractivity contribution in [1.29, 1.82) is 0 Å². The Morgan fingerprint density at radius 2 is 1.81 bits per heavy atom. The van der Waals surface area contributed by atoms with Crippen LogP contribution in [0.4, 0.5) is 24.0 Å². The molecule has 0 fully saturated rings. The molecule has 0 bridgehead atoms. The summed E-state index contributed by atoms with van der Waals surface area (Å²) >= 11 is 6.90. The molecule has 0 aliphatic heterocycles. The number of carbonyl (C=O) groups is 1. The number of benzene rings is 2. The van der Waals surface area contributed by atoms with Crippen molar-refractivity contribution in [1.82, 2.24) is 10.2 Å². The second-order valence-corrected chi connectivity index (χ2v) is 9.96. The highest BCUT2D eigenvalue weighted by atomic mass is 35.5. The van der Waals surface area contributed by atoms with Gasteiger partial charge in [0.15, 0.2) is 0 Å². The first-order valence-electron chi connectivity index (χ1n) is 8.93. The van der Waals surface area contributed by atoms with Crippen LogP contribution >= 0.6 is 22.9 Å². The van der Waals surface area contributed by atoms with E-state index in [0.717, 1.165) is 29.7 Å². The van der Waals surface area contributed by atoms with E-state index in [0.29, 0.717) is 26.0 Å². The summed E-state index contributed by atoms with van der Waals surface area (Å²) < 4.78 is 64.5. The summed E-state index contributed by atoms with van der Waals surface area (Å²) in [5, 5.41) is 11.4. The number of sulfonamides is 1. The van der Waals surface area contributed by atoms with E-state index in [9.17, 15) is 26.4 Å². The lowest BCUT2D eigenvalue weighted by Crippen LogP contribution is -2.45. The van der Waals surface area contributed by atoms with Gasteiger partial charge in [0, 0.05) is 10.6 Å². The Bertz CT molecular complexity index is 1230. The Morgan fingerprint density at radius 1 is 1.16 bits per heavy atom. The minimum atomic E-state index is -4.67. The molecule has 1 amide bonds. The molecule has 1 atom stereocenters. The molecule has 13 heteroatoms. The van der Waals surface area contributed by atoms with Crippen molar-refractivity contribution < 1.29 is 26.4 Å². The van der Waals surface area contributed by atoms with E-state index in [1.807, 2.05) is 0 Å². The molecule has 170 valence electrons. The molecule has 3 aromatic rings. The van der Waals surface area contributed by atoms with E-state index < -0.39 is 33.7 Å². The van der Waals surface area contributed by atoms with E-state index >= 15 is 0 Å². The quantitative estimate of drug-likeness (QED) is 0.526. The van der Waals surface area contributed by atoms with Gasteiger partial charge in [0.1, 0.15) is 11.0 Å². The zero-order chi connectivity index (χ0) is 23.7. The van der Waals surface area contributed by atoms with Gasteiger partial charge in [0.05, 0.1) is 17.5 Å². The van der Waals surface area contributed by atoms with Crippen LogP contribution in [0, 0.1) is 0 Å². The van der Waals surface area contributed by atoms with E-state index in [-0.39, 0.29) is 10.8 Å². The average Bonchev–Trinajstić information content (AvgIpc) is 3.15. The Morgan fingerprint density at radius 3 is 2.41 bits per heavy atom. The molecule has 7 nitrogen and oxygen atoms in total. The molecule has 32 heavy (non-hydrogen) atoms. The highest BCUT2D eigenvalue weighted by molar-refractivity contribution is 7.92. The summed E-state index contributed by atoms with van der Waals surface area (Å²) in [5.41, 5.74) is -0.612. The summed E-state index contributed by atoms with van der Waals surface area (Å²) in [7, 11) is -4.10. The van der Waals surface area contributed by atoms with Gasteiger partial charge in [-0.15, -0.1) is 10.2 Å². The smallest absolute Gasteiger partial charge is 0.299 e. The first-order valence-corrected chi connectivity index (χ1v) is 12.0. The molecule has 0 spiro atoms. The third-order valence-corrected chi connectivity index (χ3v) is 6.64. The molecule has 0 saturated heterocycles. The number of hydrogen-bond acceptors (Lipinski definition) is 6. The Hall–Kier alpha value is -2.70. The van der Waals surface area contributed by atoms with Crippen LogP contribution in [0.25, 0.3) is 10.6 Å². The van der Waals surface area contributed by atoms with Gasteiger partial charge in [-0.2, -0.15) is 13.2 Å². The predicted octanol–water partition coefficient (Wildman–Crippen LogP) is 4.67. The lowest BCUT2D eigenvalue weighted by atomic mass is 10.2. The number of aromatic nitrogens is 2. The van der Waals surface area contributed by atoms with Gasteiger partial charge in [-0.3, -0.25) is 14.4 Å². The third-order valence-electron chi connectivity index (χ3n) is 4.26. The maximum absolute atomic E-state index is 13.1. The molecule has 0 radical (unpaired) electrons. The Balaban J connectivity index is 1.84. The normalized spacial score (nSPS) is 12.9. The molecular formula is C19H16ClF3N4O3S2. The van der Waals surface area contributed by atoms with Crippen LogP contribution in [0.2, 0.25) is 5.02 Å². The fourth-order valence-electron chi connectivity index (χ4n) is 2.82. The molecule has 2 aromatic carbocycles. The van der Waals surface area contributed by atoms with Crippen LogP contribution in [-0.4, -0.2) is 36.8 Å². The number of anilines is 2. The van der Waals surface area contributed by atoms with Crippen LogP contribution in [0.1, 0.15) is 12.5 Å². The van der Waals surface area contributed by atoms with Gasteiger partial charge >= 0.3 is 6.18 Å². The predicted molar refractivity (Wildman–Crippen MR) is 117 cm³/mol. The Labute approximate surface area is 190 Å². The number of alkyl halides is 3. The van der Waals surface area contributed by atoms with Crippen LogP contribution in [0.3, 0.4) is 0 Å². The molecule has 3 rings (SSSR count). The van der Waals surface area contributed by atoms with Gasteiger partial charge in [-0.1, -0.05) is 41.1 Å². The average molecular weight is 505 g/mol. The molecule has 0 saturated carbocycles. The largest absolute Gasteiger partial charge is 0.416 e. The minimum Gasteiger partial charge on any atom is -0.299 e. The molecule has 1 heterocycles. The minimum absolute atomic E-state index is 0.101. The van der Waals surface area contributed by atoms with Gasteiger partial charge in [0.2, 0.25) is 21.1 Å². The molecule has 1 N–H and O–H groups in total. The van der Waals surface area contributed by atoms with E-state index in [1.54, 1.807) is 24.3 Å². The third kappa shape index (κ3) is 5.56. The molecule has 0 aliphatic rings. The number of halogens is 4. The first kappa shape index (κ1) is 24.0. The van der Waals surface area contributed by atoms with Crippen LogP contribution in [0.5, 0.6) is 0 Å². The van der Waals surface area contributed by atoms with Gasteiger partial charge in [-0.05, 0) is 37.3 Å². The lowest BCUT2D eigenvalue weighted by molar-refractivity contribution is -0.137. The van der Waals surface area contributed by atoms with E-state index in [2.05, 4.69) is 15.5 Å². The molecule has 1 unspecified atom stereocenters. The van der Waals surface area contributed by atoms with Crippen molar-refractivity contribution >= 4 is 49.7 Å². The lowest BCUT2D eigenvalue weighted by Gasteiger charge is -2.28. The topological polar surface area (TPSA) is 92.3 Å². The summed E-state index contributed by atoms with van der Waals surface area (Å²) in [6.45, 7) is 1.26. The fourth-order valence-corrected chi connectivity index (χ4v) is 4.87. The van der Waals surface area contributed by atoms with Crippen molar-refractivity contribution in [3.63, 3.8) is 0 Å². The van der Waals surface area contributed by atoms with Crippen LogP contribution in [0.15, 0.2) is 48.5 Å². The summed E-state index contributed by atoms with van der Waals surface area (Å²) in [6.07, 6.45) is -3.87. The number of nitrogens with zero attached hydrogens (tertiary/aromatic N) is 3. The standard InChI is InChI=1S/C19H16ClF3N4O3S2/c1-11(27(32(2,29)30)15-5-3-4-13(10-15)19(21,22)23)16(28)24-18-26-25-17(31-18)12-6-8-14(20)9-7-12/h3-11H,1-2H3,(H,24,26,28).